The molecule has 2 aromatic heterocycles. The second kappa shape index (κ2) is 8.65. The molecule has 158 valence electrons. The molecule has 2 aliphatic rings. The Morgan fingerprint density at radius 3 is 2.68 bits per heavy atom. The summed E-state index contributed by atoms with van der Waals surface area (Å²) in [5.41, 5.74) is 7.31. The van der Waals surface area contributed by atoms with Crippen molar-refractivity contribution in [3.8, 4) is 0 Å². The Bertz CT molecular complexity index is 1080. The van der Waals surface area contributed by atoms with Crippen molar-refractivity contribution in [3.05, 3.63) is 65.1 Å². The molecule has 0 unspecified atom stereocenters. The third kappa shape index (κ3) is 4.31. The molecule has 5 rings (SSSR count). The van der Waals surface area contributed by atoms with Crippen LogP contribution in [0.4, 0.5) is 17.7 Å². The summed E-state index contributed by atoms with van der Waals surface area (Å²) in [4.78, 5) is 22.7. The van der Waals surface area contributed by atoms with Crippen molar-refractivity contribution in [2.75, 3.05) is 41.5 Å². The van der Waals surface area contributed by atoms with Crippen molar-refractivity contribution in [2.45, 2.75) is 20.0 Å². The first-order valence-corrected chi connectivity index (χ1v) is 10.4. The summed E-state index contributed by atoms with van der Waals surface area (Å²) in [5.74, 6) is 2.11. The van der Waals surface area contributed by atoms with Crippen LogP contribution in [0.3, 0.4) is 0 Å². The minimum Gasteiger partial charge on any atom is -0.378 e. The van der Waals surface area contributed by atoms with Gasteiger partial charge in [-0.3, -0.25) is 0 Å². The van der Waals surface area contributed by atoms with Crippen molar-refractivity contribution in [3.63, 3.8) is 0 Å². The Labute approximate surface area is 180 Å². The van der Waals surface area contributed by atoms with Gasteiger partial charge in [0, 0.05) is 31.0 Å². The molecule has 31 heavy (non-hydrogen) atoms. The summed E-state index contributed by atoms with van der Waals surface area (Å²) in [6.07, 6.45) is 5.29. The lowest BCUT2D eigenvalue weighted by molar-refractivity contribution is 0.122. The fourth-order valence-corrected chi connectivity index (χ4v) is 3.84. The van der Waals surface area contributed by atoms with Crippen molar-refractivity contribution in [2.24, 2.45) is 5.10 Å². The number of ether oxygens (including phenoxy) is 1. The van der Waals surface area contributed by atoms with Gasteiger partial charge in [0.05, 0.1) is 38.2 Å². The van der Waals surface area contributed by atoms with Gasteiger partial charge in [0.2, 0.25) is 11.9 Å². The van der Waals surface area contributed by atoms with Gasteiger partial charge in [-0.2, -0.15) is 10.1 Å². The lowest BCUT2D eigenvalue weighted by atomic mass is 10.2. The number of nitrogens with zero attached hydrogens (tertiary/aromatic N) is 7. The Morgan fingerprint density at radius 2 is 1.87 bits per heavy atom. The monoisotopic (exact) mass is 416 g/mol. The second-order valence-electron chi connectivity index (χ2n) is 7.58. The number of hydrogen-bond acceptors (Lipinski definition) is 9. The van der Waals surface area contributed by atoms with Crippen LogP contribution in [-0.4, -0.2) is 52.5 Å². The van der Waals surface area contributed by atoms with Crippen LogP contribution >= 0.6 is 0 Å². The molecule has 0 spiro atoms. The number of benzene rings is 1. The Kier molecular flexibility index (Phi) is 5.40. The third-order valence-corrected chi connectivity index (χ3v) is 5.33. The van der Waals surface area contributed by atoms with E-state index in [2.05, 4.69) is 49.4 Å². The number of nitrogens with one attached hydrogen (secondary N) is 1. The quantitative estimate of drug-likeness (QED) is 0.501. The molecular formula is C22H24N8O. The molecule has 4 heterocycles. The largest absolute Gasteiger partial charge is 0.378 e. The Balaban J connectivity index is 1.42. The molecular weight excluding hydrogens is 392 g/mol. The molecule has 0 aliphatic carbocycles. The van der Waals surface area contributed by atoms with Crippen LogP contribution in [0.1, 0.15) is 22.4 Å². The maximum absolute atomic E-state index is 5.53. The Morgan fingerprint density at radius 1 is 1.03 bits per heavy atom. The molecule has 1 fully saturated rings. The topological polar surface area (TPSA) is 91.7 Å². The number of fused-ring (bicyclic) bond motifs is 1. The van der Waals surface area contributed by atoms with Crippen LogP contribution in [0.25, 0.3) is 0 Å². The number of hydrogen-bond donors (Lipinski definition) is 1. The zero-order valence-electron chi connectivity index (χ0n) is 17.4. The summed E-state index contributed by atoms with van der Waals surface area (Å²) >= 11 is 0. The van der Waals surface area contributed by atoms with Crippen LogP contribution < -0.4 is 15.2 Å². The molecule has 1 saturated heterocycles. The van der Waals surface area contributed by atoms with Crippen LogP contribution in [0.2, 0.25) is 0 Å². The van der Waals surface area contributed by atoms with Gasteiger partial charge in [0.1, 0.15) is 5.82 Å². The highest BCUT2D eigenvalue weighted by Gasteiger charge is 2.29. The first-order chi connectivity index (χ1) is 15.3. The van der Waals surface area contributed by atoms with E-state index in [1.54, 1.807) is 18.6 Å². The third-order valence-electron chi connectivity index (χ3n) is 5.33. The van der Waals surface area contributed by atoms with Crippen LogP contribution in [-0.2, 0) is 17.8 Å². The molecule has 0 radical (unpaired) electrons. The van der Waals surface area contributed by atoms with E-state index in [9.17, 15) is 0 Å². The van der Waals surface area contributed by atoms with E-state index >= 15 is 0 Å². The molecule has 9 nitrogen and oxygen atoms in total. The number of anilines is 3. The van der Waals surface area contributed by atoms with E-state index in [4.69, 9.17) is 14.7 Å². The fraction of sp³-hybridized carbons (Fsp3) is 0.318. The molecule has 0 bridgehead atoms. The van der Waals surface area contributed by atoms with Crippen molar-refractivity contribution in [1.82, 2.24) is 19.9 Å². The molecule has 3 aromatic rings. The van der Waals surface area contributed by atoms with Crippen LogP contribution in [0.15, 0.2) is 47.8 Å². The van der Waals surface area contributed by atoms with Crippen LogP contribution in [0, 0.1) is 6.92 Å². The molecule has 0 atom stereocenters. The molecule has 1 aromatic carbocycles. The van der Waals surface area contributed by atoms with Gasteiger partial charge in [-0.25, -0.2) is 20.4 Å². The summed E-state index contributed by atoms with van der Waals surface area (Å²) in [6, 6.07) is 9.98. The van der Waals surface area contributed by atoms with Gasteiger partial charge in [0.25, 0.3) is 0 Å². The summed E-state index contributed by atoms with van der Waals surface area (Å²) in [5, 5.41) is 4.36. The average molecular weight is 416 g/mol. The highest BCUT2D eigenvalue weighted by atomic mass is 16.5. The number of rotatable bonds is 5. The zero-order chi connectivity index (χ0) is 21.0. The van der Waals surface area contributed by atoms with Gasteiger partial charge in [0.15, 0.2) is 0 Å². The van der Waals surface area contributed by atoms with E-state index in [0.717, 1.165) is 35.7 Å². The average Bonchev–Trinajstić information content (AvgIpc) is 3.24. The molecule has 0 amide bonds. The molecule has 2 aliphatic heterocycles. The van der Waals surface area contributed by atoms with Gasteiger partial charge in [-0.1, -0.05) is 29.8 Å². The van der Waals surface area contributed by atoms with E-state index < -0.39 is 0 Å². The summed E-state index contributed by atoms with van der Waals surface area (Å²) in [6.45, 7) is 6.37. The maximum atomic E-state index is 5.53. The zero-order valence-corrected chi connectivity index (χ0v) is 17.4. The summed E-state index contributed by atoms with van der Waals surface area (Å²) in [7, 11) is 0. The second-order valence-corrected chi connectivity index (χ2v) is 7.58. The van der Waals surface area contributed by atoms with Crippen molar-refractivity contribution < 1.29 is 4.74 Å². The number of hydrazone groups is 1. The highest BCUT2D eigenvalue weighted by molar-refractivity contribution is 5.80. The lowest BCUT2D eigenvalue weighted by Gasteiger charge is -2.29. The number of morpholine rings is 1. The molecule has 0 saturated carbocycles. The van der Waals surface area contributed by atoms with Crippen molar-refractivity contribution >= 4 is 23.9 Å². The van der Waals surface area contributed by atoms with E-state index in [1.807, 2.05) is 18.2 Å². The fourth-order valence-electron chi connectivity index (χ4n) is 3.84. The van der Waals surface area contributed by atoms with E-state index in [-0.39, 0.29) is 0 Å². The standard InChI is InChI=1S/C22H24N8O/c1-16-4-2-5-17(12-16)13-25-28-21-26-19-15-30(22-23-6-3-7-24-22)14-18(19)20(27-21)29-8-10-31-11-9-29/h2-7,12-13H,8-11,14-15H2,1H3,(H,26,27,28)/b25-13+. The summed E-state index contributed by atoms with van der Waals surface area (Å²) < 4.78 is 5.53. The van der Waals surface area contributed by atoms with Crippen molar-refractivity contribution in [1.29, 1.82) is 0 Å². The lowest BCUT2D eigenvalue weighted by Crippen LogP contribution is -2.37. The Hall–Kier alpha value is -3.59. The minimum absolute atomic E-state index is 0.486. The van der Waals surface area contributed by atoms with Gasteiger partial charge >= 0.3 is 0 Å². The SMILES string of the molecule is Cc1cccc(/C=N/Nc2nc3c(c(N4CCOCC4)n2)CN(c2ncccn2)C3)c1. The van der Waals surface area contributed by atoms with Gasteiger partial charge < -0.3 is 14.5 Å². The van der Waals surface area contributed by atoms with E-state index in [1.165, 1.54) is 5.56 Å². The van der Waals surface area contributed by atoms with Gasteiger partial charge in [-0.15, -0.1) is 0 Å². The van der Waals surface area contributed by atoms with Crippen LogP contribution in [0.5, 0.6) is 0 Å². The smallest absolute Gasteiger partial charge is 0.245 e. The first-order valence-electron chi connectivity index (χ1n) is 10.4. The normalized spacial score (nSPS) is 16.0. The minimum atomic E-state index is 0.486. The molecule has 1 N–H and O–H groups in total. The number of aromatic nitrogens is 4. The predicted octanol–water partition coefficient (Wildman–Crippen LogP) is 2.38. The first kappa shape index (κ1) is 19.4. The predicted molar refractivity (Wildman–Crippen MR) is 119 cm³/mol. The van der Waals surface area contributed by atoms with E-state index in [0.29, 0.717) is 38.2 Å². The number of aryl methyl sites for hydroxylation is 1. The van der Waals surface area contributed by atoms with Gasteiger partial charge in [-0.05, 0) is 18.6 Å². The molecule has 9 heteroatoms. The highest BCUT2D eigenvalue weighted by Crippen LogP contribution is 2.32. The maximum Gasteiger partial charge on any atom is 0.245 e.